The van der Waals surface area contributed by atoms with Gasteiger partial charge in [0, 0.05) is 19.3 Å². The van der Waals surface area contributed by atoms with E-state index in [0.717, 1.165) is 64.2 Å². The normalized spacial score (nSPS) is 12.0. The molecule has 0 fully saturated rings. The molecule has 1 unspecified atom stereocenters. The maximum Gasteiger partial charge on any atom is 0.306 e. The van der Waals surface area contributed by atoms with Gasteiger partial charge >= 0.3 is 17.9 Å². The molecule has 0 radical (unpaired) electrons. The van der Waals surface area contributed by atoms with E-state index in [1.807, 2.05) is 0 Å². The number of hydrogen-bond donors (Lipinski definition) is 0. The molecular formula is C60H114O6. The number of carbonyl (C=O) groups excluding carboxylic acids is 3. The molecule has 0 rings (SSSR count). The van der Waals surface area contributed by atoms with Crippen LogP contribution in [0, 0.1) is 0 Å². The molecule has 0 N–H and O–H groups in total. The summed E-state index contributed by atoms with van der Waals surface area (Å²) in [5, 5.41) is 0. The summed E-state index contributed by atoms with van der Waals surface area (Å²) in [7, 11) is 0. The zero-order valence-corrected chi connectivity index (χ0v) is 44.7. The lowest BCUT2D eigenvalue weighted by Gasteiger charge is -2.18. The highest BCUT2D eigenvalue weighted by Gasteiger charge is 2.19. The third-order valence-corrected chi connectivity index (χ3v) is 13.5. The van der Waals surface area contributed by atoms with E-state index in [4.69, 9.17) is 14.2 Å². The predicted octanol–water partition coefficient (Wildman–Crippen LogP) is 19.7. The molecule has 6 heteroatoms. The first-order valence-electron chi connectivity index (χ1n) is 29.7. The Morgan fingerprint density at radius 2 is 0.500 bits per heavy atom. The largest absolute Gasteiger partial charge is 0.462 e. The second-order valence-electron chi connectivity index (χ2n) is 20.3. The average Bonchev–Trinajstić information content (AvgIpc) is 3.31. The molecule has 0 bridgehead atoms. The van der Waals surface area contributed by atoms with Crippen LogP contribution < -0.4 is 0 Å². The molecule has 1 atom stereocenters. The molecule has 6 nitrogen and oxygen atoms in total. The van der Waals surface area contributed by atoms with Gasteiger partial charge in [-0.3, -0.25) is 14.4 Å². The van der Waals surface area contributed by atoms with Crippen molar-refractivity contribution in [3.05, 3.63) is 12.2 Å². The molecule has 0 saturated heterocycles. The summed E-state index contributed by atoms with van der Waals surface area (Å²) in [5.74, 6) is -0.852. The second kappa shape index (κ2) is 55.7. The number of ether oxygens (including phenoxy) is 3. The summed E-state index contributed by atoms with van der Waals surface area (Å²) >= 11 is 0. The van der Waals surface area contributed by atoms with Crippen molar-refractivity contribution >= 4 is 17.9 Å². The van der Waals surface area contributed by atoms with Crippen LogP contribution in [0.15, 0.2) is 12.2 Å². The summed E-state index contributed by atoms with van der Waals surface area (Å²) in [6.45, 7) is 6.69. The van der Waals surface area contributed by atoms with Crippen LogP contribution in [0.25, 0.3) is 0 Å². The summed E-state index contributed by atoms with van der Waals surface area (Å²) in [6, 6.07) is 0. The molecule has 0 aromatic heterocycles. The quantitative estimate of drug-likeness (QED) is 0.0262. The molecule has 0 aromatic carbocycles. The first kappa shape index (κ1) is 64.2. The molecule has 0 aliphatic heterocycles. The highest BCUT2D eigenvalue weighted by atomic mass is 16.6. The first-order valence-corrected chi connectivity index (χ1v) is 29.7. The summed E-state index contributed by atoms with van der Waals surface area (Å²) in [5.41, 5.74) is 0. The molecule has 0 heterocycles. The van der Waals surface area contributed by atoms with Crippen LogP contribution in [0.3, 0.4) is 0 Å². The maximum absolute atomic E-state index is 12.8. The van der Waals surface area contributed by atoms with Crippen molar-refractivity contribution < 1.29 is 28.6 Å². The Morgan fingerprint density at radius 1 is 0.288 bits per heavy atom. The highest BCUT2D eigenvalue weighted by Crippen LogP contribution is 2.17. The molecule has 0 aliphatic rings. The Bertz CT molecular complexity index is 1020. The number of hydrogen-bond acceptors (Lipinski definition) is 6. The molecule has 66 heavy (non-hydrogen) atoms. The molecule has 0 saturated carbocycles. The fraction of sp³-hybridized carbons (Fsp3) is 0.917. The number of allylic oxidation sites excluding steroid dienone is 2. The van der Waals surface area contributed by atoms with Crippen molar-refractivity contribution in [1.29, 1.82) is 0 Å². The van der Waals surface area contributed by atoms with Gasteiger partial charge in [0.05, 0.1) is 0 Å². The standard InChI is InChI=1S/C60H114O6/c1-4-7-10-13-16-19-22-24-26-28-30-32-33-35-38-41-44-47-50-53-59(62)65-56-57(55-64-58(61)52-49-46-43-40-37-21-18-15-12-9-6-3)66-60(63)54-51-48-45-42-39-36-34-31-29-27-25-23-20-17-14-11-8-5-2/h31,34,57H,4-30,32-33,35-56H2,1-3H3/b34-31-. The molecule has 390 valence electrons. The average molecular weight is 932 g/mol. The van der Waals surface area contributed by atoms with Gasteiger partial charge in [-0.2, -0.15) is 0 Å². The van der Waals surface area contributed by atoms with Gasteiger partial charge in [-0.15, -0.1) is 0 Å². The Balaban J connectivity index is 4.27. The van der Waals surface area contributed by atoms with Crippen LogP contribution >= 0.6 is 0 Å². The minimum atomic E-state index is -0.768. The van der Waals surface area contributed by atoms with Gasteiger partial charge in [0.2, 0.25) is 0 Å². The van der Waals surface area contributed by atoms with E-state index >= 15 is 0 Å². The van der Waals surface area contributed by atoms with E-state index in [1.165, 1.54) is 231 Å². The zero-order valence-electron chi connectivity index (χ0n) is 44.7. The van der Waals surface area contributed by atoms with Gasteiger partial charge in [0.15, 0.2) is 6.10 Å². The topological polar surface area (TPSA) is 78.9 Å². The minimum Gasteiger partial charge on any atom is -0.462 e. The second-order valence-corrected chi connectivity index (χ2v) is 20.3. The van der Waals surface area contributed by atoms with Crippen LogP contribution in [0.5, 0.6) is 0 Å². The fourth-order valence-electron chi connectivity index (χ4n) is 9.03. The third kappa shape index (κ3) is 53.1. The Hall–Kier alpha value is -1.85. The minimum absolute atomic E-state index is 0.0674. The number of rotatable bonds is 55. The number of esters is 3. The van der Waals surface area contributed by atoms with E-state index < -0.39 is 6.10 Å². The van der Waals surface area contributed by atoms with Crippen molar-refractivity contribution in [3.63, 3.8) is 0 Å². The summed E-state index contributed by atoms with van der Waals surface area (Å²) in [6.07, 6.45) is 63.5. The van der Waals surface area contributed by atoms with Gasteiger partial charge in [-0.1, -0.05) is 283 Å². The van der Waals surface area contributed by atoms with Gasteiger partial charge < -0.3 is 14.2 Å². The lowest BCUT2D eigenvalue weighted by Crippen LogP contribution is -2.30. The lowest BCUT2D eigenvalue weighted by molar-refractivity contribution is -0.167. The van der Waals surface area contributed by atoms with E-state index in [1.54, 1.807) is 0 Å². The maximum atomic E-state index is 12.8. The predicted molar refractivity (Wildman–Crippen MR) is 284 cm³/mol. The van der Waals surface area contributed by atoms with Crippen LogP contribution in [0.4, 0.5) is 0 Å². The molecule has 0 aromatic rings. The fourth-order valence-corrected chi connectivity index (χ4v) is 9.03. The molecule has 0 spiro atoms. The highest BCUT2D eigenvalue weighted by molar-refractivity contribution is 5.71. The van der Waals surface area contributed by atoms with Gasteiger partial charge in [0.25, 0.3) is 0 Å². The third-order valence-electron chi connectivity index (χ3n) is 13.5. The van der Waals surface area contributed by atoms with Crippen LogP contribution in [-0.2, 0) is 28.6 Å². The summed E-state index contributed by atoms with van der Waals surface area (Å²) in [4.78, 5) is 38.1. The molecule has 0 amide bonds. The van der Waals surface area contributed by atoms with Crippen molar-refractivity contribution in [2.45, 2.75) is 341 Å². The van der Waals surface area contributed by atoms with Gasteiger partial charge in [-0.25, -0.2) is 0 Å². The van der Waals surface area contributed by atoms with Crippen molar-refractivity contribution in [3.8, 4) is 0 Å². The Labute approximate surface area is 411 Å². The van der Waals surface area contributed by atoms with E-state index in [0.29, 0.717) is 19.3 Å². The zero-order chi connectivity index (χ0) is 47.9. The van der Waals surface area contributed by atoms with Crippen molar-refractivity contribution in [2.75, 3.05) is 13.2 Å². The van der Waals surface area contributed by atoms with Crippen molar-refractivity contribution in [2.24, 2.45) is 0 Å². The van der Waals surface area contributed by atoms with E-state index in [9.17, 15) is 14.4 Å². The van der Waals surface area contributed by atoms with Crippen LogP contribution in [0.1, 0.15) is 335 Å². The first-order chi connectivity index (χ1) is 32.5. The molecular weight excluding hydrogens is 817 g/mol. The van der Waals surface area contributed by atoms with Gasteiger partial charge in [0.1, 0.15) is 13.2 Å². The lowest BCUT2D eigenvalue weighted by atomic mass is 10.0. The van der Waals surface area contributed by atoms with E-state index in [-0.39, 0.29) is 31.1 Å². The van der Waals surface area contributed by atoms with Gasteiger partial charge in [-0.05, 0) is 44.9 Å². The number of unbranched alkanes of at least 4 members (excludes halogenated alkanes) is 42. The Kier molecular flexibility index (Phi) is 54.2. The smallest absolute Gasteiger partial charge is 0.306 e. The monoisotopic (exact) mass is 931 g/mol. The molecule has 0 aliphatic carbocycles. The van der Waals surface area contributed by atoms with E-state index in [2.05, 4.69) is 32.9 Å². The van der Waals surface area contributed by atoms with Crippen LogP contribution in [-0.4, -0.2) is 37.2 Å². The Morgan fingerprint density at radius 3 is 0.758 bits per heavy atom. The SMILES string of the molecule is CCCCCCCCCCC/C=C\CCCCCCCC(=O)OC(COC(=O)CCCCCCCCCCCCC)COC(=O)CCCCCCCCCCCCCCCCCCCCC. The van der Waals surface area contributed by atoms with Crippen LogP contribution in [0.2, 0.25) is 0 Å². The summed E-state index contributed by atoms with van der Waals surface area (Å²) < 4.78 is 16.9. The number of carbonyl (C=O) groups is 3. The van der Waals surface area contributed by atoms with Crippen molar-refractivity contribution in [1.82, 2.24) is 0 Å².